The van der Waals surface area contributed by atoms with E-state index >= 15 is 0 Å². The number of rotatable bonds is 3. The Hall–Kier alpha value is -8.87. The maximum atomic E-state index is 6.91. The first kappa shape index (κ1) is 37.2. The van der Waals surface area contributed by atoms with Crippen LogP contribution in [0.4, 0.5) is 0 Å². The molecule has 0 spiro atoms. The van der Waals surface area contributed by atoms with E-state index in [-0.39, 0.29) is 13.4 Å². The number of hydrogen-bond donors (Lipinski definition) is 0. The van der Waals surface area contributed by atoms with E-state index in [1.807, 2.05) is 0 Å². The number of para-hydroxylation sites is 7. The van der Waals surface area contributed by atoms with Crippen LogP contribution in [0.25, 0.3) is 71.6 Å². The summed E-state index contributed by atoms with van der Waals surface area (Å²) < 4.78 is 32.4. The van der Waals surface area contributed by atoms with E-state index in [1.165, 1.54) is 16.2 Å². The van der Waals surface area contributed by atoms with Crippen LogP contribution < -0.4 is 51.7 Å². The molecule has 0 fully saturated rings. The van der Waals surface area contributed by atoms with Crippen LogP contribution in [0.1, 0.15) is 0 Å². The first-order valence-electron chi connectivity index (χ1n) is 23.6. The van der Waals surface area contributed by atoms with Gasteiger partial charge in [0.25, 0.3) is 13.4 Å². The van der Waals surface area contributed by atoms with Crippen molar-refractivity contribution in [3.8, 4) is 73.9 Å². The number of ether oxygens (including phenoxy) is 4. The van der Waals surface area contributed by atoms with E-state index in [9.17, 15) is 0 Å². The quantitative estimate of drug-likeness (QED) is 0.166. The zero-order valence-electron chi connectivity index (χ0n) is 37.2. The van der Waals surface area contributed by atoms with Crippen LogP contribution in [-0.2, 0) is 7.05 Å². The van der Waals surface area contributed by atoms with E-state index in [4.69, 9.17) is 18.9 Å². The molecule has 4 aliphatic rings. The summed E-state index contributed by atoms with van der Waals surface area (Å²) in [6, 6.07) is 71.2. The Balaban J connectivity index is 1.000. The molecule has 0 saturated carbocycles. The van der Waals surface area contributed by atoms with Crippen molar-refractivity contribution in [2.75, 3.05) is 0 Å². The van der Waals surface area contributed by atoms with Gasteiger partial charge in [-0.15, -0.1) is 0 Å². The molecule has 10 aromatic carbocycles. The zero-order chi connectivity index (χ0) is 45.1. The monoisotopic (exact) mass is 882 g/mol. The van der Waals surface area contributed by atoms with Crippen molar-refractivity contribution in [3.05, 3.63) is 200 Å². The summed E-state index contributed by atoms with van der Waals surface area (Å²) in [6.45, 7) is -0.0207. The molecule has 0 amide bonds. The third-order valence-corrected chi connectivity index (χ3v) is 15.1. The summed E-state index contributed by atoms with van der Waals surface area (Å²) in [6.07, 6.45) is 0. The molecule has 0 unspecified atom stereocenters. The SMILES string of the molecule is Cn1c2c(-c3cc4c5c(c3)Oc3ccccc3B5c3ccccc3O4)cccc2c2c1c(-c1cc3c4c(c1)Oc1ccccc1B4c1ccccc1O3)cc1c3ccccc3n(-c3ccccc3)c12. The van der Waals surface area contributed by atoms with Crippen molar-refractivity contribution in [2.45, 2.75) is 0 Å². The fourth-order valence-corrected chi connectivity index (χ4v) is 12.3. The van der Waals surface area contributed by atoms with Crippen LogP contribution in [0, 0.1) is 0 Å². The summed E-state index contributed by atoms with van der Waals surface area (Å²) in [5.41, 5.74) is 16.5. The van der Waals surface area contributed by atoms with Crippen LogP contribution >= 0.6 is 0 Å². The van der Waals surface area contributed by atoms with Gasteiger partial charge in [0, 0.05) is 56.3 Å². The van der Waals surface area contributed by atoms with Crippen LogP contribution in [0.5, 0.6) is 46.0 Å². The first-order chi connectivity index (χ1) is 34.1. The maximum absolute atomic E-state index is 6.91. The van der Waals surface area contributed by atoms with E-state index < -0.39 is 0 Å². The molecule has 69 heavy (non-hydrogen) atoms. The Morgan fingerprint density at radius 2 is 0.797 bits per heavy atom. The summed E-state index contributed by atoms with van der Waals surface area (Å²) >= 11 is 0. The summed E-state index contributed by atoms with van der Waals surface area (Å²) in [4.78, 5) is 0. The number of aromatic nitrogens is 2. The molecule has 4 aliphatic heterocycles. The van der Waals surface area contributed by atoms with Crippen molar-refractivity contribution in [2.24, 2.45) is 7.05 Å². The summed E-state index contributed by atoms with van der Waals surface area (Å²) in [5, 5.41) is 4.66. The van der Waals surface area contributed by atoms with Crippen molar-refractivity contribution >= 4 is 89.8 Å². The highest BCUT2D eigenvalue weighted by Gasteiger charge is 2.42. The van der Waals surface area contributed by atoms with Gasteiger partial charge in [-0.05, 0) is 106 Å². The Kier molecular flexibility index (Phi) is 7.35. The molecule has 0 bridgehead atoms. The number of nitrogens with zero attached hydrogens (tertiary/aromatic N) is 2. The Labute approximate surface area is 397 Å². The van der Waals surface area contributed by atoms with Crippen LogP contribution in [0.2, 0.25) is 0 Å². The minimum absolute atomic E-state index is 0.00448. The lowest BCUT2D eigenvalue weighted by Crippen LogP contribution is -2.57. The first-order valence-corrected chi connectivity index (χ1v) is 23.6. The van der Waals surface area contributed by atoms with Gasteiger partial charge in [0.05, 0.1) is 22.1 Å². The Morgan fingerprint density at radius 3 is 1.33 bits per heavy atom. The van der Waals surface area contributed by atoms with Gasteiger partial charge < -0.3 is 28.1 Å². The molecule has 0 aliphatic carbocycles. The number of aryl methyl sites for hydroxylation is 1. The van der Waals surface area contributed by atoms with E-state index in [0.717, 1.165) is 134 Å². The lowest BCUT2D eigenvalue weighted by molar-refractivity contribution is 0.464. The molecular weight excluding hydrogens is 846 g/mol. The Morgan fingerprint density at radius 1 is 0.348 bits per heavy atom. The second-order valence-electron chi connectivity index (χ2n) is 18.7. The number of benzene rings is 10. The molecule has 12 aromatic rings. The third-order valence-electron chi connectivity index (χ3n) is 15.1. The van der Waals surface area contributed by atoms with E-state index in [1.54, 1.807) is 0 Å². The molecule has 0 N–H and O–H groups in total. The van der Waals surface area contributed by atoms with Gasteiger partial charge in [-0.25, -0.2) is 0 Å². The predicted molar refractivity (Wildman–Crippen MR) is 281 cm³/mol. The average molecular weight is 883 g/mol. The number of hydrogen-bond acceptors (Lipinski definition) is 4. The molecule has 320 valence electrons. The van der Waals surface area contributed by atoms with Gasteiger partial charge in [0.2, 0.25) is 0 Å². The maximum Gasteiger partial charge on any atom is 0.260 e. The second kappa shape index (κ2) is 13.6. The zero-order valence-corrected chi connectivity index (χ0v) is 37.2. The predicted octanol–water partition coefficient (Wildman–Crippen LogP) is 11.2. The van der Waals surface area contributed by atoms with Gasteiger partial charge in [0.15, 0.2) is 0 Å². The van der Waals surface area contributed by atoms with Gasteiger partial charge in [-0.1, -0.05) is 127 Å². The van der Waals surface area contributed by atoms with Crippen molar-refractivity contribution < 1.29 is 18.9 Å². The molecule has 8 heteroatoms. The molecule has 2 aromatic heterocycles. The molecule has 16 rings (SSSR count). The van der Waals surface area contributed by atoms with Gasteiger partial charge >= 0.3 is 0 Å². The molecule has 0 radical (unpaired) electrons. The van der Waals surface area contributed by atoms with E-state index in [2.05, 4.69) is 216 Å². The molecule has 6 heterocycles. The summed E-state index contributed by atoms with van der Waals surface area (Å²) in [7, 11) is 2.22. The minimum Gasteiger partial charge on any atom is -0.458 e. The lowest BCUT2D eigenvalue weighted by Gasteiger charge is -2.33. The van der Waals surface area contributed by atoms with E-state index in [0.29, 0.717) is 0 Å². The van der Waals surface area contributed by atoms with Gasteiger partial charge in [-0.2, -0.15) is 0 Å². The highest BCUT2D eigenvalue weighted by Crippen LogP contribution is 2.49. The Bertz CT molecular complexity index is 4110. The minimum atomic E-state index is -0.0162. The third kappa shape index (κ3) is 5.02. The topological polar surface area (TPSA) is 46.8 Å². The highest BCUT2D eigenvalue weighted by molar-refractivity contribution is 6.99. The smallest absolute Gasteiger partial charge is 0.260 e. The van der Waals surface area contributed by atoms with Gasteiger partial charge in [-0.3, -0.25) is 0 Å². The molecular formula is C61H36B2N2O4. The van der Waals surface area contributed by atoms with Crippen LogP contribution in [-0.4, -0.2) is 22.6 Å². The lowest BCUT2D eigenvalue weighted by atomic mass is 9.35. The molecule has 6 nitrogen and oxygen atoms in total. The number of fused-ring (bicyclic) bond motifs is 15. The summed E-state index contributed by atoms with van der Waals surface area (Å²) in [5.74, 6) is 6.72. The van der Waals surface area contributed by atoms with Crippen LogP contribution in [0.3, 0.4) is 0 Å². The fourth-order valence-electron chi connectivity index (χ4n) is 12.3. The largest absolute Gasteiger partial charge is 0.458 e. The standard InChI is InChI=1S/C61H36B2N2O4/c1-64-59-38(35-30-52-57-53(31-35)67-49-27-12-7-22-44(49)62(57)43-21-6-11-26-48(43)66-52)19-15-20-40(59)56-60(64)41(34-42-39-18-5-10-25-47(39)65(61(42)56)37-16-3-2-4-17-37)36-32-54-58-55(33-36)69-51-29-14-9-24-46(51)63(58)45-23-8-13-28-50(45)68-54/h2-34H,1H3. The fraction of sp³-hybridized carbons (Fsp3) is 0.0164. The molecule has 0 atom stereocenters. The average Bonchev–Trinajstić information content (AvgIpc) is 3.90. The van der Waals surface area contributed by atoms with Crippen molar-refractivity contribution in [1.82, 2.24) is 9.13 Å². The second-order valence-corrected chi connectivity index (χ2v) is 18.7. The van der Waals surface area contributed by atoms with Crippen molar-refractivity contribution in [1.29, 1.82) is 0 Å². The van der Waals surface area contributed by atoms with Gasteiger partial charge in [0.1, 0.15) is 46.0 Å². The van der Waals surface area contributed by atoms with Crippen LogP contribution in [0.15, 0.2) is 200 Å². The highest BCUT2D eigenvalue weighted by atomic mass is 16.5. The molecule has 0 saturated heterocycles. The van der Waals surface area contributed by atoms with Crippen molar-refractivity contribution in [3.63, 3.8) is 0 Å². The normalized spacial score (nSPS) is 13.4.